The fourth-order valence-electron chi connectivity index (χ4n) is 3.73. The average molecular weight is 479 g/mol. The Kier molecular flexibility index (Phi) is 4.94. The summed E-state index contributed by atoms with van der Waals surface area (Å²) in [5, 5.41) is 11.2. The van der Waals surface area contributed by atoms with E-state index in [-0.39, 0.29) is 0 Å². The van der Waals surface area contributed by atoms with Gasteiger partial charge >= 0.3 is 0 Å². The molecule has 3 aromatic rings. The summed E-state index contributed by atoms with van der Waals surface area (Å²) in [4.78, 5) is 7.15. The van der Waals surface area contributed by atoms with Gasteiger partial charge in [0.1, 0.15) is 5.82 Å². The quantitative estimate of drug-likeness (QED) is 0.598. The summed E-state index contributed by atoms with van der Waals surface area (Å²) >= 11 is 7.04. The summed E-state index contributed by atoms with van der Waals surface area (Å²) in [6.07, 6.45) is 1.44. The van der Waals surface area contributed by atoms with Crippen LogP contribution in [0.4, 0.5) is 0 Å². The van der Waals surface area contributed by atoms with Crippen LogP contribution in [0.2, 0.25) is 0 Å². The molecule has 1 aliphatic heterocycles. The molecule has 0 bridgehead atoms. The predicted octanol–water partition coefficient (Wildman–Crippen LogP) is 4.58. The van der Waals surface area contributed by atoms with Gasteiger partial charge in [-0.3, -0.25) is 4.90 Å². The van der Waals surface area contributed by atoms with Crippen LogP contribution in [0, 0.1) is 0 Å². The van der Waals surface area contributed by atoms with Gasteiger partial charge in [-0.2, -0.15) is 0 Å². The zero-order valence-corrected chi connectivity index (χ0v) is 17.8. The van der Waals surface area contributed by atoms with Crippen molar-refractivity contribution in [3.63, 3.8) is 0 Å². The third-order valence-electron chi connectivity index (χ3n) is 5.33. The second-order valence-electron chi connectivity index (χ2n) is 7.04. The van der Waals surface area contributed by atoms with Crippen molar-refractivity contribution in [2.45, 2.75) is 25.0 Å². The lowest BCUT2D eigenvalue weighted by atomic mass is 9.84. The Labute approximate surface area is 170 Å². The first-order valence-electron chi connectivity index (χ1n) is 8.76. The summed E-state index contributed by atoms with van der Waals surface area (Å²) in [6, 6.07) is 14.3. The molecule has 1 N–H and O–H groups in total. The number of nitrogens with zero attached hydrogens (tertiary/aromatic N) is 3. The highest BCUT2D eigenvalue weighted by molar-refractivity contribution is 9.11. The Morgan fingerprint density at radius 3 is 2.38 bits per heavy atom. The van der Waals surface area contributed by atoms with Crippen molar-refractivity contribution in [1.82, 2.24) is 14.5 Å². The molecule has 26 heavy (non-hydrogen) atoms. The number of aliphatic hydroxyl groups is 1. The third-order valence-corrected chi connectivity index (χ3v) is 6.24. The van der Waals surface area contributed by atoms with Gasteiger partial charge in [0.2, 0.25) is 0 Å². The van der Waals surface area contributed by atoms with Crippen LogP contribution in [0.3, 0.4) is 0 Å². The maximum Gasteiger partial charge on any atom is 0.123 e. The number of benzene rings is 2. The fraction of sp³-hybridized carbons (Fsp3) is 0.350. The summed E-state index contributed by atoms with van der Waals surface area (Å²) in [7, 11) is 2.07. The van der Waals surface area contributed by atoms with Crippen LogP contribution in [0.1, 0.15) is 24.2 Å². The summed E-state index contributed by atoms with van der Waals surface area (Å²) in [5.41, 5.74) is 2.41. The van der Waals surface area contributed by atoms with Crippen molar-refractivity contribution in [2.75, 3.05) is 13.1 Å². The minimum absolute atomic E-state index is 0.722. The highest BCUT2D eigenvalue weighted by Gasteiger charge is 2.34. The minimum atomic E-state index is -0.769. The SMILES string of the molecule is Cn1c(CN2CCC(O)(c3cc(Br)cc(Br)c3)CC2)nc2ccccc21. The van der Waals surface area contributed by atoms with E-state index in [9.17, 15) is 5.11 Å². The van der Waals surface area contributed by atoms with Gasteiger partial charge in [-0.25, -0.2) is 4.98 Å². The van der Waals surface area contributed by atoms with Crippen molar-refractivity contribution >= 4 is 42.9 Å². The van der Waals surface area contributed by atoms with Gasteiger partial charge in [-0.05, 0) is 48.7 Å². The molecule has 2 heterocycles. The van der Waals surface area contributed by atoms with Crippen LogP contribution >= 0.6 is 31.9 Å². The largest absolute Gasteiger partial charge is 0.385 e. The van der Waals surface area contributed by atoms with E-state index < -0.39 is 5.60 Å². The standard InChI is InChI=1S/C20H21Br2N3O/c1-24-18-5-3-2-4-17(18)23-19(24)13-25-8-6-20(26,7-9-25)14-10-15(21)12-16(22)11-14/h2-5,10-12,26H,6-9,13H2,1H3. The Morgan fingerprint density at radius 2 is 1.73 bits per heavy atom. The van der Waals surface area contributed by atoms with Crippen molar-refractivity contribution in [1.29, 1.82) is 0 Å². The second kappa shape index (κ2) is 7.08. The van der Waals surface area contributed by atoms with Crippen molar-refractivity contribution in [3.05, 3.63) is 62.8 Å². The molecule has 1 aromatic heterocycles. The van der Waals surface area contributed by atoms with Crippen LogP contribution in [-0.2, 0) is 19.2 Å². The van der Waals surface area contributed by atoms with E-state index in [1.54, 1.807) is 0 Å². The number of fused-ring (bicyclic) bond motifs is 1. The highest BCUT2D eigenvalue weighted by atomic mass is 79.9. The van der Waals surface area contributed by atoms with E-state index >= 15 is 0 Å². The van der Waals surface area contributed by atoms with Crippen LogP contribution in [0.15, 0.2) is 51.4 Å². The van der Waals surface area contributed by atoms with E-state index in [1.807, 2.05) is 30.3 Å². The molecule has 0 amide bonds. The van der Waals surface area contributed by atoms with Crippen molar-refractivity contribution < 1.29 is 5.11 Å². The molecule has 0 radical (unpaired) electrons. The number of aryl methyl sites for hydroxylation is 1. The number of para-hydroxylation sites is 2. The fourth-order valence-corrected chi connectivity index (χ4v) is 5.02. The molecule has 1 fully saturated rings. The lowest BCUT2D eigenvalue weighted by molar-refractivity contribution is -0.0284. The molecular formula is C20H21Br2N3O. The Balaban J connectivity index is 1.48. The van der Waals surface area contributed by atoms with Crippen LogP contribution < -0.4 is 0 Å². The molecule has 2 aromatic carbocycles. The number of hydrogen-bond acceptors (Lipinski definition) is 3. The monoisotopic (exact) mass is 477 g/mol. The number of aromatic nitrogens is 2. The number of piperidine rings is 1. The molecule has 0 atom stereocenters. The number of likely N-dealkylation sites (tertiary alicyclic amines) is 1. The first kappa shape index (κ1) is 18.2. The highest BCUT2D eigenvalue weighted by Crippen LogP contribution is 2.36. The summed E-state index contributed by atoms with van der Waals surface area (Å²) in [6.45, 7) is 2.51. The molecule has 0 spiro atoms. The number of hydrogen-bond donors (Lipinski definition) is 1. The van der Waals surface area contributed by atoms with E-state index in [0.29, 0.717) is 0 Å². The van der Waals surface area contributed by atoms with E-state index in [1.165, 1.54) is 0 Å². The van der Waals surface area contributed by atoms with E-state index in [4.69, 9.17) is 4.98 Å². The Bertz CT molecular complexity index is 925. The lowest BCUT2D eigenvalue weighted by Gasteiger charge is -2.38. The van der Waals surface area contributed by atoms with E-state index in [2.05, 4.69) is 60.5 Å². The van der Waals surface area contributed by atoms with Gasteiger partial charge in [0.25, 0.3) is 0 Å². The number of rotatable bonds is 3. The van der Waals surface area contributed by atoms with Gasteiger partial charge in [0.15, 0.2) is 0 Å². The third kappa shape index (κ3) is 3.48. The maximum atomic E-state index is 11.2. The Hall–Kier alpha value is -1.21. The first-order valence-corrected chi connectivity index (χ1v) is 10.3. The molecule has 1 saturated heterocycles. The molecule has 4 nitrogen and oxygen atoms in total. The first-order chi connectivity index (χ1) is 12.4. The van der Waals surface area contributed by atoms with Gasteiger partial charge in [0.05, 0.1) is 23.2 Å². The van der Waals surface area contributed by atoms with Gasteiger partial charge in [-0.15, -0.1) is 0 Å². The van der Waals surface area contributed by atoms with Gasteiger partial charge in [-0.1, -0.05) is 44.0 Å². The topological polar surface area (TPSA) is 41.3 Å². The molecule has 136 valence electrons. The normalized spacial score (nSPS) is 17.7. The average Bonchev–Trinajstić information content (AvgIpc) is 2.92. The van der Waals surface area contributed by atoms with Crippen LogP contribution in [0.25, 0.3) is 11.0 Å². The Morgan fingerprint density at radius 1 is 1.08 bits per heavy atom. The maximum absolute atomic E-state index is 11.2. The summed E-state index contributed by atoms with van der Waals surface area (Å²) < 4.78 is 4.14. The minimum Gasteiger partial charge on any atom is -0.385 e. The summed E-state index contributed by atoms with van der Waals surface area (Å²) in [5.74, 6) is 1.07. The van der Waals surface area contributed by atoms with Crippen LogP contribution in [0.5, 0.6) is 0 Å². The lowest BCUT2D eigenvalue weighted by Crippen LogP contribution is -2.42. The second-order valence-corrected chi connectivity index (χ2v) is 8.87. The smallest absolute Gasteiger partial charge is 0.123 e. The molecule has 4 rings (SSSR count). The molecule has 0 aliphatic carbocycles. The van der Waals surface area contributed by atoms with Crippen molar-refractivity contribution in [3.8, 4) is 0 Å². The molecule has 1 aliphatic rings. The molecule has 6 heteroatoms. The number of imidazole rings is 1. The molecular weight excluding hydrogens is 458 g/mol. The van der Waals surface area contributed by atoms with E-state index in [0.717, 1.165) is 63.8 Å². The number of halogens is 2. The zero-order valence-electron chi connectivity index (χ0n) is 14.6. The molecule has 0 saturated carbocycles. The predicted molar refractivity (Wildman–Crippen MR) is 111 cm³/mol. The van der Waals surface area contributed by atoms with Crippen LogP contribution in [-0.4, -0.2) is 32.6 Å². The zero-order chi connectivity index (χ0) is 18.3. The van der Waals surface area contributed by atoms with Crippen molar-refractivity contribution in [2.24, 2.45) is 7.05 Å². The van der Waals surface area contributed by atoms with Gasteiger partial charge < -0.3 is 9.67 Å². The molecule has 0 unspecified atom stereocenters. The van der Waals surface area contributed by atoms with Gasteiger partial charge in [0, 0.05) is 29.1 Å².